The first-order valence-electron chi connectivity index (χ1n) is 16.5. The Balaban J connectivity index is 1.18. The van der Waals surface area contributed by atoms with Crippen LogP contribution in [0.2, 0.25) is 0 Å². The van der Waals surface area contributed by atoms with E-state index in [1.807, 2.05) is 36.5 Å². The van der Waals surface area contributed by atoms with Crippen molar-refractivity contribution in [1.29, 1.82) is 0 Å². The van der Waals surface area contributed by atoms with E-state index in [0.29, 0.717) is 79.2 Å². The average Bonchev–Trinajstić information content (AvgIpc) is 3.80. The molecule has 5 aromatic rings. The monoisotopic (exact) mass is 678 g/mol. The minimum Gasteiger partial charge on any atom is -0.496 e. The number of halogens is 1. The van der Waals surface area contributed by atoms with Gasteiger partial charge >= 0.3 is 0 Å². The maximum absolute atomic E-state index is 16.7. The zero-order chi connectivity index (χ0) is 34.8. The number of piperazine rings is 1. The van der Waals surface area contributed by atoms with Crippen molar-refractivity contribution in [3.63, 3.8) is 0 Å². The van der Waals surface area contributed by atoms with Crippen molar-refractivity contribution in [2.75, 3.05) is 57.8 Å². The molecule has 0 spiro atoms. The van der Waals surface area contributed by atoms with E-state index in [1.165, 1.54) is 17.4 Å². The zero-order valence-corrected chi connectivity index (χ0v) is 27.8. The minimum atomic E-state index is -0.481. The molecule has 13 nitrogen and oxygen atoms in total. The average molecular weight is 679 g/mol. The normalized spacial score (nSPS) is 15.3. The van der Waals surface area contributed by atoms with Crippen molar-refractivity contribution in [3.8, 4) is 16.9 Å². The van der Waals surface area contributed by atoms with Gasteiger partial charge in [-0.1, -0.05) is 24.3 Å². The second-order valence-corrected chi connectivity index (χ2v) is 12.3. The summed E-state index contributed by atoms with van der Waals surface area (Å²) >= 11 is 0. The molecule has 3 aromatic heterocycles. The van der Waals surface area contributed by atoms with Gasteiger partial charge in [0.1, 0.15) is 17.0 Å². The van der Waals surface area contributed by atoms with Crippen molar-refractivity contribution < 1.29 is 18.7 Å². The number of aromatic amines is 1. The summed E-state index contributed by atoms with van der Waals surface area (Å²) in [5.74, 6) is 5.69. The Bertz CT molecular complexity index is 2110. The van der Waals surface area contributed by atoms with Crippen LogP contribution >= 0.6 is 0 Å². The van der Waals surface area contributed by atoms with Crippen molar-refractivity contribution in [3.05, 3.63) is 96.7 Å². The van der Waals surface area contributed by atoms with Crippen molar-refractivity contribution in [2.45, 2.75) is 12.8 Å². The van der Waals surface area contributed by atoms with Gasteiger partial charge in [0.15, 0.2) is 5.82 Å². The Labute approximate surface area is 288 Å². The summed E-state index contributed by atoms with van der Waals surface area (Å²) in [6, 6.07) is 11.1. The molecule has 0 unspecified atom stereocenters. The summed E-state index contributed by atoms with van der Waals surface area (Å²) < 4.78 is 24.1. The molecule has 50 heavy (non-hydrogen) atoms. The number of hydrogen-bond acceptors (Lipinski definition) is 9. The fourth-order valence-electron chi connectivity index (χ4n) is 6.81. The highest BCUT2D eigenvalue weighted by atomic mass is 19.1. The number of methoxy groups -OCH3 is 1. The third-order valence-corrected chi connectivity index (χ3v) is 9.40. The van der Waals surface area contributed by atoms with E-state index in [2.05, 4.69) is 20.0 Å². The number of amides is 2. The molecule has 1 fully saturated rings. The maximum Gasteiger partial charge on any atom is 0.270 e. The Morgan fingerprint density at radius 3 is 2.68 bits per heavy atom. The number of hydrogen-bond donors (Lipinski definition) is 3. The highest BCUT2D eigenvalue weighted by Gasteiger charge is 2.28. The Morgan fingerprint density at radius 1 is 1.06 bits per heavy atom. The van der Waals surface area contributed by atoms with E-state index in [-0.39, 0.29) is 30.3 Å². The van der Waals surface area contributed by atoms with E-state index in [1.54, 1.807) is 52.1 Å². The first-order valence-corrected chi connectivity index (χ1v) is 16.5. The molecule has 258 valence electrons. The van der Waals surface area contributed by atoms with Crippen molar-refractivity contribution in [2.24, 2.45) is 11.6 Å². The predicted molar refractivity (Wildman–Crippen MR) is 189 cm³/mol. The summed E-state index contributed by atoms with van der Waals surface area (Å²) in [5.41, 5.74) is 10.3. The number of rotatable bonds is 9. The molecular formula is C36H39FN10O3. The predicted octanol–water partition coefficient (Wildman–Crippen LogP) is 3.60. The van der Waals surface area contributed by atoms with Crippen molar-refractivity contribution in [1.82, 2.24) is 34.4 Å². The summed E-state index contributed by atoms with van der Waals surface area (Å²) in [6.07, 6.45) is 12.6. The van der Waals surface area contributed by atoms with Crippen LogP contribution in [0.25, 0.3) is 33.1 Å². The van der Waals surface area contributed by atoms with E-state index in [0.717, 1.165) is 16.8 Å². The van der Waals surface area contributed by atoms with Crippen LogP contribution in [0, 0.1) is 5.82 Å². The van der Waals surface area contributed by atoms with Gasteiger partial charge in [-0.05, 0) is 35.8 Å². The molecular weight excluding hydrogens is 639 g/mol. The standard InChI is InChI=1S/C36H39FN10O3/c1-50-32-7-3-2-6-25(32)27-19-26(24-5-4-11-45(23-24)33(48)8-12-46(39)13-9-38)34(37)35-28(27)20-29(42-35)36(49)44-17-15-43(16-18-44)30-22-41-47-14-10-40-21-31(30)47/h2-3,5-7,9-10,13-14,19-22,42H,4,8,11-12,15-18,23,38-39H2,1H3/b13-9-. The fourth-order valence-corrected chi connectivity index (χ4v) is 6.81. The number of nitrogens with two attached hydrogens (primary N) is 2. The van der Waals surface area contributed by atoms with E-state index < -0.39 is 5.82 Å². The van der Waals surface area contributed by atoms with Crippen molar-refractivity contribution >= 4 is 39.5 Å². The first-order chi connectivity index (χ1) is 24.4. The number of carbonyl (C=O) groups excluding carboxylic acids is 2. The fraction of sp³-hybridized carbons (Fsp3) is 0.278. The Kier molecular flexibility index (Phi) is 9.09. The van der Waals surface area contributed by atoms with Gasteiger partial charge < -0.3 is 35.2 Å². The van der Waals surface area contributed by atoms with Gasteiger partial charge in [-0.25, -0.2) is 14.7 Å². The summed E-state index contributed by atoms with van der Waals surface area (Å²) in [7, 11) is 1.59. The molecule has 2 aliphatic rings. The number of H-pyrrole nitrogens is 1. The molecule has 5 heterocycles. The molecule has 1 saturated heterocycles. The third kappa shape index (κ3) is 6.20. The molecule has 14 heteroatoms. The lowest BCUT2D eigenvalue weighted by molar-refractivity contribution is -0.130. The SMILES string of the molecule is COc1ccccc1-c1cc(C2=CCCN(C(=O)CCN(N)/C=C\N)C2)c(F)c2[nH]c(C(=O)N3CCN(c4cnn5ccncc45)CC3)cc12. The molecule has 2 aromatic carbocycles. The van der Waals surface area contributed by atoms with Crippen LogP contribution in [0.15, 0.2) is 79.7 Å². The second-order valence-electron chi connectivity index (χ2n) is 12.3. The molecule has 7 rings (SSSR count). The van der Waals surface area contributed by atoms with Gasteiger partial charge in [0.25, 0.3) is 5.91 Å². The number of benzene rings is 2. The lowest BCUT2D eigenvalue weighted by atomic mass is 9.93. The molecule has 5 N–H and O–H groups in total. The molecule has 0 radical (unpaired) electrons. The molecule has 0 atom stereocenters. The number of ether oxygens (including phenoxy) is 1. The smallest absolute Gasteiger partial charge is 0.270 e. The molecule has 0 aliphatic carbocycles. The number of nitrogens with zero attached hydrogens (tertiary/aromatic N) is 7. The number of para-hydroxylation sites is 1. The molecule has 0 bridgehead atoms. The number of anilines is 1. The molecule has 0 saturated carbocycles. The third-order valence-electron chi connectivity index (χ3n) is 9.40. The molecule has 2 aliphatic heterocycles. The van der Waals surface area contributed by atoms with Gasteiger partial charge in [-0.15, -0.1) is 0 Å². The highest BCUT2D eigenvalue weighted by Crippen LogP contribution is 2.40. The summed E-state index contributed by atoms with van der Waals surface area (Å²) in [5, 5.41) is 6.34. The van der Waals surface area contributed by atoms with Gasteiger partial charge in [0.2, 0.25) is 5.91 Å². The lowest BCUT2D eigenvalue weighted by Gasteiger charge is -2.35. The summed E-state index contributed by atoms with van der Waals surface area (Å²) in [6.45, 7) is 3.26. The number of fused-ring (bicyclic) bond motifs is 2. The molecule has 2 amide bonds. The van der Waals surface area contributed by atoms with Crippen LogP contribution in [-0.4, -0.2) is 99.1 Å². The number of nitrogens with one attached hydrogen (secondary N) is 1. The number of aromatic nitrogens is 4. The maximum atomic E-state index is 16.7. The van der Waals surface area contributed by atoms with Crippen LogP contribution in [0.3, 0.4) is 0 Å². The topological polar surface area (TPSA) is 154 Å². The van der Waals surface area contributed by atoms with Gasteiger partial charge in [-0.3, -0.25) is 14.6 Å². The number of hydrazine groups is 1. The van der Waals surface area contributed by atoms with E-state index in [9.17, 15) is 9.59 Å². The highest BCUT2D eigenvalue weighted by molar-refractivity contribution is 6.05. The van der Waals surface area contributed by atoms with Gasteiger partial charge in [0.05, 0.1) is 30.7 Å². The van der Waals surface area contributed by atoms with Gasteiger partial charge in [0, 0.05) is 93.5 Å². The Morgan fingerprint density at radius 2 is 1.88 bits per heavy atom. The van der Waals surface area contributed by atoms with Crippen LogP contribution < -0.4 is 21.2 Å². The second kappa shape index (κ2) is 13.9. The van der Waals surface area contributed by atoms with Crippen LogP contribution in [0.1, 0.15) is 28.9 Å². The van der Waals surface area contributed by atoms with E-state index >= 15 is 4.39 Å². The van der Waals surface area contributed by atoms with E-state index in [4.69, 9.17) is 16.3 Å². The van der Waals surface area contributed by atoms with Crippen LogP contribution in [0.5, 0.6) is 5.75 Å². The first kappa shape index (κ1) is 32.6. The zero-order valence-electron chi connectivity index (χ0n) is 27.8. The quantitative estimate of drug-likeness (QED) is 0.157. The van der Waals surface area contributed by atoms with Gasteiger partial charge in [-0.2, -0.15) is 5.10 Å². The number of carbonyl (C=O) groups is 2. The van der Waals surface area contributed by atoms with Crippen LogP contribution in [0.4, 0.5) is 10.1 Å². The summed E-state index contributed by atoms with van der Waals surface area (Å²) in [4.78, 5) is 40.1. The Hall–Kier alpha value is -5.89. The lowest BCUT2D eigenvalue weighted by Crippen LogP contribution is -2.48. The van der Waals surface area contributed by atoms with Crippen LogP contribution in [-0.2, 0) is 4.79 Å². The minimum absolute atomic E-state index is 0.0889. The largest absolute Gasteiger partial charge is 0.496 e.